The molecule has 34 heavy (non-hydrogen) atoms. The quantitative estimate of drug-likeness (QED) is 0.413. The lowest BCUT2D eigenvalue weighted by Gasteiger charge is -2.30. The predicted octanol–water partition coefficient (Wildman–Crippen LogP) is 7.04. The third-order valence-electron chi connectivity index (χ3n) is 7.35. The van der Waals surface area contributed by atoms with E-state index in [0.29, 0.717) is 29.8 Å². The second kappa shape index (κ2) is 9.42. The number of aromatic nitrogens is 1. The molecule has 1 heterocycles. The fourth-order valence-corrected chi connectivity index (χ4v) is 5.00. The summed E-state index contributed by atoms with van der Waals surface area (Å²) >= 11 is 0. The number of nitrogens with zero attached hydrogens (tertiary/aromatic N) is 2. The van der Waals surface area contributed by atoms with E-state index in [1.165, 1.54) is 12.8 Å². The Morgan fingerprint density at radius 3 is 2.47 bits per heavy atom. The molecular formula is C28H31N3O3. The van der Waals surface area contributed by atoms with Crippen LogP contribution < -0.4 is 10.1 Å². The highest BCUT2D eigenvalue weighted by Gasteiger charge is 2.28. The molecule has 2 saturated carbocycles. The Kier molecular flexibility index (Phi) is 6.19. The van der Waals surface area contributed by atoms with E-state index >= 15 is 0 Å². The minimum atomic E-state index is -0.420. The predicted molar refractivity (Wildman–Crippen MR) is 133 cm³/mol. The van der Waals surface area contributed by atoms with Crippen molar-refractivity contribution in [1.82, 2.24) is 4.57 Å². The molecule has 1 unspecified atom stereocenters. The summed E-state index contributed by atoms with van der Waals surface area (Å²) in [4.78, 5) is 12.3. The summed E-state index contributed by atoms with van der Waals surface area (Å²) < 4.78 is 13.6. The molecule has 0 saturated heterocycles. The van der Waals surface area contributed by atoms with E-state index in [0.717, 1.165) is 53.6 Å². The zero-order valence-electron chi connectivity index (χ0n) is 19.8. The first-order chi connectivity index (χ1) is 16.6. The molecule has 0 radical (unpaired) electrons. The van der Waals surface area contributed by atoms with Crippen LogP contribution in [-0.2, 0) is 4.74 Å². The number of carbonyl (C=O) groups is 1. The van der Waals surface area contributed by atoms with Gasteiger partial charge >= 0.3 is 6.09 Å². The van der Waals surface area contributed by atoms with Crippen molar-refractivity contribution >= 4 is 22.7 Å². The number of anilines is 1. The van der Waals surface area contributed by atoms with Gasteiger partial charge in [-0.2, -0.15) is 5.26 Å². The number of fused-ring (bicyclic) bond motifs is 1. The van der Waals surface area contributed by atoms with Crippen molar-refractivity contribution in [2.75, 3.05) is 11.9 Å². The van der Waals surface area contributed by atoms with Gasteiger partial charge in [-0.3, -0.25) is 5.32 Å². The van der Waals surface area contributed by atoms with Crippen molar-refractivity contribution in [3.05, 3.63) is 48.0 Å². The average molecular weight is 458 g/mol. The number of benzene rings is 2. The second-order valence-corrected chi connectivity index (χ2v) is 9.41. The Labute approximate surface area is 200 Å². The summed E-state index contributed by atoms with van der Waals surface area (Å²) in [6.07, 6.45) is 6.40. The molecule has 2 aromatic carbocycles. The van der Waals surface area contributed by atoms with Crippen molar-refractivity contribution in [3.8, 4) is 23.1 Å². The molecule has 6 nitrogen and oxygen atoms in total. The number of amides is 1. The number of hydrogen-bond acceptors (Lipinski definition) is 4. The number of ether oxygens (including phenoxy) is 2. The fourth-order valence-electron chi connectivity index (χ4n) is 5.00. The highest BCUT2D eigenvalue weighted by molar-refractivity contribution is 5.96. The summed E-state index contributed by atoms with van der Waals surface area (Å²) in [5.41, 5.74) is 4.29. The monoisotopic (exact) mass is 457 g/mol. The SMILES string of the molecule is CCOc1ccc2c(C#N)c(-c3ccc(NC(=O)OC(C)C4CCC4)cc3)n(C3CCC3)c2c1. The molecule has 2 aliphatic carbocycles. The van der Waals surface area contributed by atoms with Crippen LogP contribution in [0.15, 0.2) is 42.5 Å². The molecule has 1 aromatic heterocycles. The zero-order valence-corrected chi connectivity index (χ0v) is 19.8. The number of nitriles is 1. The molecule has 5 rings (SSSR count). The summed E-state index contributed by atoms with van der Waals surface area (Å²) in [5, 5.41) is 13.9. The lowest BCUT2D eigenvalue weighted by atomic mass is 9.82. The Bertz CT molecular complexity index is 1230. The molecule has 1 N–H and O–H groups in total. The van der Waals surface area contributed by atoms with Gasteiger partial charge < -0.3 is 14.0 Å². The lowest BCUT2D eigenvalue weighted by molar-refractivity contribution is 0.0531. The molecule has 0 spiro atoms. The van der Waals surface area contributed by atoms with Crippen LogP contribution in [0.1, 0.15) is 64.0 Å². The van der Waals surface area contributed by atoms with Crippen LogP contribution in [-0.4, -0.2) is 23.4 Å². The molecule has 3 aromatic rings. The summed E-state index contributed by atoms with van der Waals surface area (Å²) in [6.45, 7) is 4.54. The van der Waals surface area contributed by atoms with Crippen LogP contribution >= 0.6 is 0 Å². The molecule has 1 atom stereocenters. The van der Waals surface area contributed by atoms with Gasteiger partial charge in [0.1, 0.15) is 17.9 Å². The molecule has 1 amide bonds. The minimum absolute atomic E-state index is 0.0639. The summed E-state index contributed by atoms with van der Waals surface area (Å²) in [7, 11) is 0. The Morgan fingerprint density at radius 1 is 1.15 bits per heavy atom. The van der Waals surface area contributed by atoms with Crippen LogP contribution in [0.3, 0.4) is 0 Å². The number of rotatable bonds is 7. The molecule has 2 fully saturated rings. The van der Waals surface area contributed by atoms with E-state index in [9.17, 15) is 10.1 Å². The average Bonchev–Trinajstić information content (AvgIpc) is 3.05. The number of hydrogen-bond donors (Lipinski definition) is 1. The Hall–Kier alpha value is -3.46. The Morgan fingerprint density at radius 2 is 1.88 bits per heavy atom. The standard InChI is InChI=1S/C28H31N3O3/c1-3-33-23-14-15-24-25(17-29)27(31(26(24)16-23)22-8-5-9-22)20-10-12-21(13-11-20)30-28(32)34-18(2)19-6-4-7-19/h10-16,18-19,22H,3-9H2,1-2H3,(H,30,32). The highest BCUT2D eigenvalue weighted by atomic mass is 16.6. The fraction of sp³-hybridized carbons (Fsp3) is 0.429. The van der Waals surface area contributed by atoms with Crippen LogP contribution in [0.5, 0.6) is 5.75 Å². The van der Waals surface area contributed by atoms with E-state index < -0.39 is 6.09 Å². The van der Waals surface area contributed by atoms with Gasteiger partial charge in [0.15, 0.2) is 0 Å². The molecule has 0 aliphatic heterocycles. The topological polar surface area (TPSA) is 76.3 Å². The first kappa shape index (κ1) is 22.3. The molecule has 0 bridgehead atoms. The third kappa shape index (κ3) is 4.11. The normalized spacial score (nSPS) is 16.9. The van der Waals surface area contributed by atoms with Crippen molar-refractivity contribution in [2.45, 2.75) is 64.5 Å². The van der Waals surface area contributed by atoms with Gasteiger partial charge in [-0.15, -0.1) is 0 Å². The van der Waals surface area contributed by atoms with Gasteiger partial charge in [0.2, 0.25) is 0 Å². The largest absolute Gasteiger partial charge is 0.494 e. The van der Waals surface area contributed by atoms with E-state index in [1.807, 2.05) is 50.2 Å². The minimum Gasteiger partial charge on any atom is -0.494 e. The smallest absolute Gasteiger partial charge is 0.411 e. The van der Waals surface area contributed by atoms with E-state index in [1.54, 1.807) is 0 Å². The van der Waals surface area contributed by atoms with Gasteiger partial charge in [-0.1, -0.05) is 18.6 Å². The maximum atomic E-state index is 12.3. The molecule has 2 aliphatic rings. The third-order valence-corrected chi connectivity index (χ3v) is 7.35. The van der Waals surface area contributed by atoms with Gasteiger partial charge in [-0.05, 0) is 81.7 Å². The highest BCUT2D eigenvalue weighted by Crippen LogP contribution is 2.43. The zero-order chi connectivity index (χ0) is 23.7. The first-order valence-corrected chi connectivity index (χ1v) is 12.4. The maximum Gasteiger partial charge on any atom is 0.411 e. The van der Waals surface area contributed by atoms with Crippen LogP contribution in [0.25, 0.3) is 22.2 Å². The van der Waals surface area contributed by atoms with Crippen molar-refractivity contribution in [1.29, 1.82) is 5.26 Å². The second-order valence-electron chi connectivity index (χ2n) is 9.41. The van der Waals surface area contributed by atoms with Gasteiger partial charge in [0.25, 0.3) is 0 Å². The van der Waals surface area contributed by atoms with E-state index in [2.05, 4.69) is 22.0 Å². The van der Waals surface area contributed by atoms with E-state index in [4.69, 9.17) is 9.47 Å². The van der Waals surface area contributed by atoms with Crippen molar-refractivity contribution in [2.24, 2.45) is 5.92 Å². The van der Waals surface area contributed by atoms with Crippen LogP contribution in [0.2, 0.25) is 0 Å². The van der Waals surface area contributed by atoms with Crippen LogP contribution in [0, 0.1) is 17.2 Å². The Balaban J connectivity index is 1.45. The van der Waals surface area contributed by atoms with Crippen LogP contribution in [0.4, 0.5) is 10.5 Å². The summed E-state index contributed by atoms with van der Waals surface area (Å²) in [5.74, 6) is 1.30. The van der Waals surface area contributed by atoms with E-state index in [-0.39, 0.29) is 6.10 Å². The molecule has 6 heteroatoms. The van der Waals surface area contributed by atoms with Gasteiger partial charge in [-0.25, -0.2) is 4.79 Å². The number of carbonyl (C=O) groups excluding carboxylic acids is 1. The van der Waals surface area contributed by atoms with Crippen molar-refractivity contribution in [3.63, 3.8) is 0 Å². The first-order valence-electron chi connectivity index (χ1n) is 12.4. The lowest BCUT2D eigenvalue weighted by Crippen LogP contribution is -2.30. The molecule has 176 valence electrons. The van der Waals surface area contributed by atoms with Gasteiger partial charge in [0, 0.05) is 23.2 Å². The van der Waals surface area contributed by atoms with Crippen molar-refractivity contribution < 1.29 is 14.3 Å². The summed E-state index contributed by atoms with van der Waals surface area (Å²) in [6, 6.07) is 16.5. The number of nitrogens with one attached hydrogen (secondary N) is 1. The molecular weight excluding hydrogens is 426 g/mol. The van der Waals surface area contributed by atoms with Gasteiger partial charge in [0.05, 0.1) is 23.4 Å². The maximum absolute atomic E-state index is 12.3.